The first-order valence-corrected chi connectivity index (χ1v) is 6.54. The fraction of sp³-hybridized carbons (Fsp3) is 0.467. The Labute approximate surface area is 108 Å². The standard InChI is InChI=1S/C15H19NO2/c1-2-14(18)16-15(10-8-13(17)9-11-15)12-6-4-3-5-7-12/h3-7H,2,8-11H2,1H3,(H,16,18). The minimum absolute atomic E-state index is 0.0493. The lowest BCUT2D eigenvalue weighted by molar-refractivity contribution is -0.127. The third kappa shape index (κ3) is 2.61. The van der Waals surface area contributed by atoms with Crippen LogP contribution in [0.1, 0.15) is 44.6 Å². The van der Waals surface area contributed by atoms with Gasteiger partial charge in [0.25, 0.3) is 0 Å². The average molecular weight is 245 g/mol. The quantitative estimate of drug-likeness (QED) is 0.889. The first-order valence-electron chi connectivity index (χ1n) is 6.54. The molecule has 3 heteroatoms. The minimum atomic E-state index is -0.345. The summed E-state index contributed by atoms with van der Waals surface area (Å²) in [6.45, 7) is 1.85. The van der Waals surface area contributed by atoms with Gasteiger partial charge in [0, 0.05) is 19.3 Å². The Kier molecular flexibility index (Phi) is 3.80. The van der Waals surface area contributed by atoms with Crippen LogP contribution in [0.5, 0.6) is 0 Å². The third-order valence-electron chi connectivity index (χ3n) is 3.69. The molecule has 1 aliphatic rings. The van der Waals surface area contributed by atoms with E-state index in [0.29, 0.717) is 37.9 Å². The van der Waals surface area contributed by atoms with Crippen molar-refractivity contribution in [2.24, 2.45) is 0 Å². The number of carbonyl (C=O) groups excluding carboxylic acids is 2. The molecule has 0 bridgehead atoms. The minimum Gasteiger partial charge on any atom is -0.347 e. The van der Waals surface area contributed by atoms with E-state index < -0.39 is 0 Å². The monoisotopic (exact) mass is 245 g/mol. The molecular formula is C15H19NO2. The molecule has 0 atom stereocenters. The van der Waals surface area contributed by atoms with Crippen molar-refractivity contribution < 1.29 is 9.59 Å². The number of hydrogen-bond acceptors (Lipinski definition) is 2. The molecule has 1 amide bonds. The fourth-order valence-corrected chi connectivity index (χ4v) is 2.55. The van der Waals surface area contributed by atoms with Crippen LogP contribution in [0.3, 0.4) is 0 Å². The van der Waals surface area contributed by atoms with Gasteiger partial charge in [-0.25, -0.2) is 0 Å². The van der Waals surface area contributed by atoms with E-state index in [9.17, 15) is 9.59 Å². The van der Waals surface area contributed by atoms with Crippen molar-refractivity contribution in [3.63, 3.8) is 0 Å². The SMILES string of the molecule is CCC(=O)NC1(c2ccccc2)CCC(=O)CC1. The van der Waals surface area contributed by atoms with Gasteiger partial charge in [-0.2, -0.15) is 0 Å². The van der Waals surface area contributed by atoms with Crippen molar-refractivity contribution in [3.8, 4) is 0 Å². The zero-order valence-electron chi connectivity index (χ0n) is 10.7. The average Bonchev–Trinajstić information content (AvgIpc) is 2.42. The summed E-state index contributed by atoms with van der Waals surface area (Å²) in [5.74, 6) is 0.348. The van der Waals surface area contributed by atoms with Crippen molar-refractivity contribution in [2.75, 3.05) is 0 Å². The summed E-state index contributed by atoms with van der Waals surface area (Å²) < 4.78 is 0. The lowest BCUT2D eigenvalue weighted by Crippen LogP contribution is -2.48. The highest BCUT2D eigenvalue weighted by Gasteiger charge is 2.37. The fourth-order valence-electron chi connectivity index (χ4n) is 2.55. The van der Waals surface area contributed by atoms with Gasteiger partial charge in [-0.1, -0.05) is 37.3 Å². The van der Waals surface area contributed by atoms with Crippen LogP contribution in [-0.2, 0) is 15.1 Å². The number of ketones is 1. The van der Waals surface area contributed by atoms with Crippen molar-refractivity contribution in [2.45, 2.75) is 44.6 Å². The van der Waals surface area contributed by atoms with Gasteiger partial charge in [0.15, 0.2) is 0 Å². The molecule has 1 saturated carbocycles. The molecule has 0 heterocycles. The molecular weight excluding hydrogens is 226 g/mol. The molecule has 1 aliphatic carbocycles. The Morgan fingerprint density at radius 1 is 1.22 bits per heavy atom. The molecule has 0 radical (unpaired) electrons. The summed E-state index contributed by atoms with van der Waals surface area (Å²) in [7, 11) is 0. The van der Waals surface area contributed by atoms with Gasteiger partial charge in [0.2, 0.25) is 5.91 Å². The van der Waals surface area contributed by atoms with Crippen LogP contribution >= 0.6 is 0 Å². The number of amides is 1. The molecule has 18 heavy (non-hydrogen) atoms. The van der Waals surface area contributed by atoms with E-state index in [-0.39, 0.29) is 11.4 Å². The van der Waals surface area contributed by atoms with E-state index in [4.69, 9.17) is 0 Å². The molecule has 0 aliphatic heterocycles. The van der Waals surface area contributed by atoms with E-state index >= 15 is 0 Å². The van der Waals surface area contributed by atoms with E-state index in [1.807, 2.05) is 37.3 Å². The second-order valence-corrected chi connectivity index (χ2v) is 4.89. The first kappa shape index (κ1) is 12.8. The Morgan fingerprint density at radius 2 is 1.83 bits per heavy atom. The van der Waals surface area contributed by atoms with Crippen molar-refractivity contribution in [1.82, 2.24) is 5.32 Å². The highest BCUT2D eigenvalue weighted by molar-refractivity contribution is 5.81. The Hall–Kier alpha value is -1.64. The molecule has 1 aromatic carbocycles. The lowest BCUT2D eigenvalue weighted by Gasteiger charge is -2.38. The Balaban J connectivity index is 2.28. The number of nitrogens with one attached hydrogen (secondary N) is 1. The van der Waals surface area contributed by atoms with Crippen LogP contribution in [0.25, 0.3) is 0 Å². The highest BCUT2D eigenvalue weighted by Crippen LogP contribution is 2.35. The summed E-state index contributed by atoms with van der Waals surface area (Å²) in [6.07, 6.45) is 3.00. The maximum Gasteiger partial charge on any atom is 0.220 e. The molecule has 0 aromatic heterocycles. The Bertz CT molecular complexity index is 429. The molecule has 3 nitrogen and oxygen atoms in total. The molecule has 0 saturated heterocycles. The molecule has 96 valence electrons. The largest absolute Gasteiger partial charge is 0.347 e. The van der Waals surface area contributed by atoms with Crippen LogP contribution < -0.4 is 5.32 Å². The number of Topliss-reactive ketones (excluding diaryl/α,β-unsaturated/α-hetero) is 1. The lowest BCUT2D eigenvalue weighted by atomic mass is 9.76. The zero-order chi connectivity index (χ0) is 13.0. The van der Waals surface area contributed by atoms with Gasteiger partial charge in [0.05, 0.1) is 5.54 Å². The normalized spacial score (nSPS) is 18.4. The van der Waals surface area contributed by atoms with Crippen LogP contribution in [-0.4, -0.2) is 11.7 Å². The van der Waals surface area contributed by atoms with E-state index in [1.54, 1.807) is 0 Å². The molecule has 1 fully saturated rings. The van der Waals surface area contributed by atoms with E-state index in [1.165, 1.54) is 0 Å². The van der Waals surface area contributed by atoms with E-state index in [0.717, 1.165) is 5.56 Å². The summed E-state index contributed by atoms with van der Waals surface area (Å²) in [4.78, 5) is 23.2. The van der Waals surface area contributed by atoms with Gasteiger partial charge < -0.3 is 5.32 Å². The van der Waals surface area contributed by atoms with Gasteiger partial charge in [-0.3, -0.25) is 9.59 Å². The van der Waals surface area contributed by atoms with Gasteiger partial charge in [-0.05, 0) is 18.4 Å². The molecule has 0 spiro atoms. The Morgan fingerprint density at radius 3 is 2.39 bits per heavy atom. The second-order valence-electron chi connectivity index (χ2n) is 4.89. The predicted octanol–water partition coefficient (Wildman–Crippen LogP) is 2.55. The summed E-state index contributed by atoms with van der Waals surface area (Å²) >= 11 is 0. The second kappa shape index (κ2) is 5.34. The smallest absolute Gasteiger partial charge is 0.220 e. The van der Waals surface area contributed by atoms with Crippen molar-refractivity contribution in [3.05, 3.63) is 35.9 Å². The van der Waals surface area contributed by atoms with Crippen molar-refractivity contribution in [1.29, 1.82) is 0 Å². The number of rotatable bonds is 3. The van der Waals surface area contributed by atoms with Crippen LogP contribution in [0.4, 0.5) is 0 Å². The summed E-state index contributed by atoms with van der Waals surface area (Å²) in [5.41, 5.74) is 0.765. The topological polar surface area (TPSA) is 46.2 Å². The number of benzene rings is 1. The highest BCUT2D eigenvalue weighted by atomic mass is 16.1. The third-order valence-corrected chi connectivity index (χ3v) is 3.69. The summed E-state index contributed by atoms with van der Waals surface area (Å²) in [6, 6.07) is 9.99. The maximum absolute atomic E-state index is 11.7. The van der Waals surface area contributed by atoms with E-state index in [2.05, 4.69) is 5.32 Å². The predicted molar refractivity (Wildman–Crippen MR) is 70.0 cm³/mol. The van der Waals surface area contributed by atoms with Crippen LogP contribution in [0.15, 0.2) is 30.3 Å². The zero-order valence-corrected chi connectivity index (χ0v) is 10.7. The number of carbonyl (C=O) groups is 2. The summed E-state index contributed by atoms with van der Waals surface area (Å²) in [5, 5.41) is 3.13. The molecule has 1 aromatic rings. The maximum atomic E-state index is 11.7. The van der Waals surface area contributed by atoms with Gasteiger partial charge in [0.1, 0.15) is 5.78 Å². The molecule has 1 N–H and O–H groups in total. The van der Waals surface area contributed by atoms with Gasteiger partial charge >= 0.3 is 0 Å². The molecule has 2 rings (SSSR count). The first-order chi connectivity index (χ1) is 8.66. The number of hydrogen-bond donors (Lipinski definition) is 1. The van der Waals surface area contributed by atoms with Gasteiger partial charge in [-0.15, -0.1) is 0 Å². The van der Waals surface area contributed by atoms with Crippen LogP contribution in [0, 0.1) is 0 Å². The molecule has 0 unspecified atom stereocenters. The van der Waals surface area contributed by atoms with Crippen molar-refractivity contribution >= 4 is 11.7 Å². The van der Waals surface area contributed by atoms with Crippen LogP contribution in [0.2, 0.25) is 0 Å².